The summed E-state index contributed by atoms with van der Waals surface area (Å²) in [5, 5.41) is 1.04. The predicted octanol–water partition coefficient (Wildman–Crippen LogP) is 3.82. The highest BCUT2D eigenvalue weighted by atomic mass is 32.2. The number of nitrogens with zero attached hydrogens (tertiary/aromatic N) is 7. The van der Waals surface area contributed by atoms with Gasteiger partial charge in [0.15, 0.2) is 0 Å². The average Bonchev–Trinajstić information content (AvgIpc) is 3.30. The van der Waals surface area contributed by atoms with Crippen molar-refractivity contribution in [1.82, 2.24) is 33.4 Å². The van der Waals surface area contributed by atoms with Crippen LogP contribution in [0.5, 0.6) is 0 Å². The Morgan fingerprint density at radius 1 is 0.936 bits per heavy atom. The summed E-state index contributed by atoms with van der Waals surface area (Å²) < 4.78 is 30.3. The van der Waals surface area contributed by atoms with E-state index in [0.717, 1.165) is 57.7 Å². The molecule has 0 radical (unpaired) electrons. The first-order valence-electron chi connectivity index (χ1n) is 16.1. The van der Waals surface area contributed by atoms with Gasteiger partial charge >= 0.3 is 10.2 Å². The fraction of sp³-hybridized carbons (Fsp3) is 0.382. The van der Waals surface area contributed by atoms with Crippen molar-refractivity contribution in [1.29, 1.82) is 0 Å². The molecular formula is C34H38N8O4S. The molecule has 4 aromatic rings. The third-order valence-corrected chi connectivity index (χ3v) is 11.0. The minimum atomic E-state index is -3.97. The molecule has 0 spiro atoms. The van der Waals surface area contributed by atoms with E-state index < -0.39 is 16.1 Å². The predicted molar refractivity (Wildman–Crippen MR) is 180 cm³/mol. The average molecular weight is 655 g/mol. The van der Waals surface area contributed by atoms with E-state index in [1.807, 2.05) is 29.2 Å². The Morgan fingerprint density at radius 3 is 2.38 bits per heavy atom. The lowest BCUT2D eigenvalue weighted by Gasteiger charge is -2.35. The maximum Gasteiger partial charge on any atom is 0.303 e. The number of benzene rings is 2. The number of hydrogen-bond acceptors (Lipinski definition) is 8. The summed E-state index contributed by atoms with van der Waals surface area (Å²) in [6.45, 7) is 2.59. The van der Waals surface area contributed by atoms with Crippen molar-refractivity contribution >= 4 is 45.0 Å². The molecule has 47 heavy (non-hydrogen) atoms. The van der Waals surface area contributed by atoms with Crippen LogP contribution < -0.4 is 9.62 Å². The topological polar surface area (TPSA) is 134 Å². The van der Waals surface area contributed by atoms with Gasteiger partial charge in [0.05, 0.1) is 12.2 Å². The van der Waals surface area contributed by atoms with Gasteiger partial charge in [0.1, 0.15) is 12.7 Å². The van der Waals surface area contributed by atoms with E-state index in [1.165, 1.54) is 38.7 Å². The van der Waals surface area contributed by atoms with Crippen LogP contribution in [0.25, 0.3) is 28.2 Å². The van der Waals surface area contributed by atoms with Crippen LogP contribution in [-0.4, -0.2) is 89.2 Å². The summed E-state index contributed by atoms with van der Waals surface area (Å²) in [4.78, 5) is 43.9. The van der Waals surface area contributed by atoms with E-state index in [9.17, 15) is 18.0 Å². The second-order valence-corrected chi connectivity index (χ2v) is 14.5. The summed E-state index contributed by atoms with van der Waals surface area (Å²) >= 11 is 0. The summed E-state index contributed by atoms with van der Waals surface area (Å²) in [6, 6.07) is 13.6. The molecule has 12 nitrogen and oxygen atoms in total. The number of carbonyl (C=O) groups excluding carboxylic acids is 2. The number of piperazine rings is 1. The molecule has 1 aliphatic carbocycles. The monoisotopic (exact) mass is 654 g/mol. The molecular weight excluding hydrogens is 616 g/mol. The van der Waals surface area contributed by atoms with E-state index in [1.54, 1.807) is 12.1 Å². The number of aromatic nitrogens is 4. The second-order valence-electron chi connectivity index (χ2n) is 12.6. The van der Waals surface area contributed by atoms with Crippen LogP contribution in [0.4, 0.5) is 5.95 Å². The summed E-state index contributed by atoms with van der Waals surface area (Å²) in [6.07, 6.45) is 10.6. The molecule has 4 heterocycles. The summed E-state index contributed by atoms with van der Waals surface area (Å²) in [5.41, 5.74) is 6.05. The maximum absolute atomic E-state index is 14.3. The van der Waals surface area contributed by atoms with Crippen LogP contribution in [0, 0.1) is 0 Å². The highest BCUT2D eigenvalue weighted by molar-refractivity contribution is 7.87. The molecule has 2 fully saturated rings. The molecule has 2 aliphatic heterocycles. The second kappa shape index (κ2) is 12.5. The van der Waals surface area contributed by atoms with E-state index in [4.69, 9.17) is 0 Å². The van der Waals surface area contributed by atoms with Crippen LogP contribution in [0.1, 0.15) is 59.5 Å². The van der Waals surface area contributed by atoms with E-state index in [2.05, 4.69) is 41.3 Å². The Morgan fingerprint density at radius 2 is 1.66 bits per heavy atom. The molecule has 2 aromatic carbocycles. The van der Waals surface area contributed by atoms with Gasteiger partial charge in [-0.3, -0.25) is 9.59 Å². The Labute approximate surface area is 274 Å². The van der Waals surface area contributed by atoms with Gasteiger partial charge in [0.25, 0.3) is 11.8 Å². The molecule has 244 valence electrons. The van der Waals surface area contributed by atoms with Crippen molar-refractivity contribution < 1.29 is 18.0 Å². The molecule has 1 saturated carbocycles. The SMILES string of the molecule is CN(C)S(=O)(=O)NC(=O)c1ccc2c(C3CCCCC3)c3n(c2c1)CC(C(=O)N1CCN(c2ncncn2)CC1)=Cc1ccccc1-3. The standard InChI is InChI=1S/C34H38N8O4S/c1-39(2)47(45,46)38-32(43)25-12-13-28-29(19-25)42-20-26(33(44)40-14-16-41(17-15-40)34-36-21-35-22-37-34)18-24-10-6-7-11-27(24)31(42)30(28)23-8-4-3-5-9-23/h6-7,10-13,18-19,21-23H,3-5,8-9,14-17,20H2,1-2H3,(H,38,43). The zero-order valence-corrected chi connectivity index (χ0v) is 27.4. The number of rotatable bonds is 6. The number of nitrogens with one attached hydrogen (secondary N) is 1. The minimum absolute atomic E-state index is 0.0324. The Hall–Kier alpha value is -4.62. The highest BCUT2D eigenvalue weighted by Crippen LogP contribution is 2.46. The molecule has 3 aliphatic rings. The van der Waals surface area contributed by atoms with Gasteiger partial charge in [-0.15, -0.1) is 0 Å². The van der Waals surface area contributed by atoms with E-state index >= 15 is 0 Å². The lowest BCUT2D eigenvalue weighted by atomic mass is 9.81. The summed E-state index contributed by atoms with van der Waals surface area (Å²) in [5.74, 6) is 0.207. The zero-order chi connectivity index (χ0) is 32.7. The van der Waals surface area contributed by atoms with Crippen molar-refractivity contribution in [2.75, 3.05) is 45.2 Å². The lowest BCUT2D eigenvalue weighted by Crippen LogP contribution is -2.49. The third-order valence-electron chi connectivity index (χ3n) is 9.56. The van der Waals surface area contributed by atoms with Crippen LogP contribution in [-0.2, 0) is 21.5 Å². The number of hydrogen-bond donors (Lipinski definition) is 1. The number of carbonyl (C=O) groups is 2. The number of anilines is 1. The molecule has 0 bridgehead atoms. The largest absolute Gasteiger partial charge is 0.337 e. The number of amides is 2. The van der Waals surface area contributed by atoms with Gasteiger partial charge in [-0.1, -0.05) is 49.6 Å². The fourth-order valence-corrected chi connectivity index (χ4v) is 7.66. The Bertz CT molecular complexity index is 1980. The van der Waals surface area contributed by atoms with Gasteiger partial charge in [-0.25, -0.2) is 19.7 Å². The van der Waals surface area contributed by atoms with Gasteiger partial charge in [-0.05, 0) is 48.1 Å². The fourth-order valence-electron chi connectivity index (χ4n) is 7.12. The molecule has 0 atom stereocenters. The molecule has 0 unspecified atom stereocenters. The van der Waals surface area contributed by atoms with E-state index in [-0.39, 0.29) is 11.5 Å². The molecule has 13 heteroatoms. The van der Waals surface area contributed by atoms with Gasteiger partial charge in [0, 0.05) is 67.9 Å². The van der Waals surface area contributed by atoms with Gasteiger partial charge in [0.2, 0.25) is 5.95 Å². The molecule has 2 aromatic heterocycles. The number of fused-ring (bicyclic) bond motifs is 5. The molecule has 2 amide bonds. The van der Waals surface area contributed by atoms with Crippen molar-refractivity contribution in [3.05, 3.63) is 77.4 Å². The van der Waals surface area contributed by atoms with Crippen LogP contribution >= 0.6 is 0 Å². The van der Waals surface area contributed by atoms with Crippen LogP contribution in [0.3, 0.4) is 0 Å². The van der Waals surface area contributed by atoms with E-state index in [0.29, 0.717) is 50.2 Å². The molecule has 7 rings (SSSR count). The first-order chi connectivity index (χ1) is 22.7. The molecule has 1 N–H and O–H groups in total. The summed E-state index contributed by atoms with van der Waals surface area (Å²) in [7, 11) is -1.23. The first kappa shape index (κ1) is 31.0. The van der Waals surface area contributed by atoms with Gasteiger partial charge < -0.3 is 14.4 Å². The zero-order valence-electron chi connectivity index (χ0n) is 26.6. The van der Waals surface area contributed by atoms with Crippen molar-refractivity contribution in [2.24, 2.45) is 0 Å². The minimum Gasteiger partial charge on any atom is -0.337 e. The van der Waals surface area contributed by atoms with Crippen molar-refractivity contribution in [2.45, 2.75) is 44.6 Å². The quantitative estimate of drug-likeness (QED) is 0.332. The lowest BCUT2D eigenvalue weighted by molar-refractivity contribution is -0.127. The van der Waals surface area contributed by atoms with Crippen molar-refractivity contribution in [3.8, 4) is 11.3 Å². The Balaban J connectivity index is 1.30. The maximum atomic E-state index is 14.3. The normalized spacial score (nSPS) is 17.2. The van der Waals surface area contributed by atoms with Crippen LogP contribution in [0.2, 0.25) is 0 Å². The Kier molecular flexibility index (Phi) is 8.27. The first-order valence-corrected chi connectivity index (χ1v) is 17.5. The van der Waals surface area contributed by atoms with Crippen LogP contribution in [0.15, 0.2) is 60.7 Å². The van der Waals surface area contributed by atoms with Gasteiger partial charge in [-0.2, -0.15) is 12.7 Å². The van der Waals surface area contributed by atoms with Crippen molar-refractivity contribution in [3.63, 3.8) is 0 Å². The third kappa shape index (κ3) is 5.89. The highest BCUT2D eigenvalue weighted by Gasteiger charge is 2.32. The molecule has 1 saturated heterocycles. The smallest absolute Gasteiger partial charge is 0.303 e.